The van der Waals surface area contributed by atoms with Gasteiger partial charge in [0.25, 0.3) is 6.43 Å². The maximum atomic E-state index is 12.6. The van der Waals surface area contributed by atoms with Crippen LogP contribution in [0.3, 0.4) is 0 Å². The Morgan fingerprint density at radius 1 is 0.929 bits per heavy atom. The van der Waals surface area contributed by atoms with Gasteiger partial charge in [-0.05, 0) is 37.7 Å². The zero-order valence-electron chi connectivity index (χ0n) is 23.7. The van der Waals surface area contributed by atoms with Gasteiger partial charge in [-0.15, -0.1) is 0 Å². The van der Waals surface area contributed by atoms with Crippen molar-refractivity contribution in [3.63, 3.8) is 0 Å². The van der Waals surface area contributed by atoms with Crippen molar-refractivity contribution in [2.24, 2.45) is 5.92 Å². The number of hydrogen-bond donors (Lipinski definition) is 2. The molecular formula is C29H38F2N8O3. The van der Waals surface area contributed by atoms with Crippen LogP contribution < -0.4 is 19.9 Å². The number of alkyl halides is 2. The Bertz CT molecular complexity index is 1310. The molecule has 0 amide bonds. The quantitative estimate of drug-likeness (QED) is 0.386. The molecule has 42 heavy (non-hydrogen) atoms. The summed E-state index contributed by atoms with van der Waals surface area (Å²) in [6, 6.07) is 3.89. The molecule has 3 aromatic rings. The number of piperazine rings is 1. The van der Waals surface area contributed by atoms with Crippen molar-refractivity contribution in [3.05, 3.63) is 30.7 Å². The summed E-state index contributed by atoms with van der Waals surface area (Å²) < 4.78 is 37.0. The first-order chi connectivity index (χ1) is 20.5. The fourth-order valence-corrected chi connectivity index (χ4v) is 5.93. The Labute approximate surface area is 243 Å². The smallest absolute Gasteiger partial charge is 0.251 e. The Balaban J connectivity index is 0.996. The summed E-state index contributed by atoms with van der Waals surface area (Å²) in [5.74, 6) is 2.40. The van der Waals surface area contributed by atoms with Crippen LogP contribution in [0.1, 0.15) is 25.7 Å². The average molecular weight is 585 g/mol. The number of halogens is 2. The first-order valence-corrected chi connectivity index (χ1v) is 14.8. The highest BCUT2D eigenvalue weighted by Crippen LogP contribution is 2.32. The SMILES string of the molecule is Oc1cnc2cc(N3CCOCC3)nc(OCC3CCC(Nc4ncc(N5CCN(CC(F)F)CC5)cn4)CC3)c2c1. The lowest BCUT2D eigenvalue weighted by molar-refractivity contribution is 0.0854. The van der Waals surface area contributed by atoms with E-state index in [9.17, 15) is 13.9 Å². The fourth-order valence-electron chi connectivity index (χ4n) is 5.93. The van der Waals surface area contributed by atoms with Gasteiger partial charge in [-0.2, -0.15) is 4.98 Å². The van der Waals surface area contributed by atoms with E-state index in [-0.39, 0.29) is 18.3 Å². The normalized spacial score (nSPS) is 22.1. The molecule has 2 N–H and O–H groups in total. The van der Waals surface area contributed by atoms with E-state index in [1.165, 1.54) is 6.20 Å². The summed E-state index contributed by atoms with van der Waals surface area (Å²) in [5, 5.41) is 14.2. The monoisotopic (exact) mass is 584 g/mol. The van der Waals surface area contributed by atoms with Crippen LogP contribution in [0, 0.1) is 5.92 Å². The number of fused-ring (bicyclic) bond motifs is 1. The van der Waals surface area contributed by atoms with Gasteiger partial charge >= 0.3 is 0 Å². The molecule has 13 heteroatoms. The van der Waals surface area contributed by atoms with E-state index < -0.39 is 6.43 Å². The molecule has 0 radical (unpaired) electrons. The second-order valence-corrected chi connectivity index (χ2v) is 11.3. The maximum Gasteiger partial charge on any atom is 0.251 e. The number of nitrogens with one attached hydrogen (secondary N) is 1. The first-order valence-electron chi connectivity index (χ1n) is 14.8. The van der Waals surface area contributed by atoms with Crippen LogP contribution in [-0.2, 0) is 4.74 Å². The van der Waals surface area contributed by atoms with Gasteiger partial charge in [-0.3, -0.25) is 9.88 Å². The second kappa shape index (κ2) is 13.2. The molecule has 1 saturated carbocycles. The van der Waals surface area contributed by atoms with Gasteiger partial charge in [-0.1, -0.05) is 0 Å². The van der Waals surface area contributed by atoms with Crippen molar-refractivity contribution in [2.45, 2.75) is 38.2 Å². The molecule has 5 heterocycles. The lowest BCUT2D eigenvalue weighted by atomic mass is 9.86. The van der Waals surface area contributed by atoms with Crippen LogP contribution in [0.4, 0.5) is 26.2 Å². The number of aromatic hydroxyl groups is 1. The minimum Gasteiger partial charge on any atom is -0.506 e. The van der Waals surface area contributed by atoms with Gasteiger partial charge in [0.1, 0.15) is 11.6 Å². The molecule has 226 valence electrons. The van der Waals surface area contributed by atoms with Crippen molar-refractivity contribution < 1.29 is 23.4 Å². The summed E-state index contributed by atoms with van der Waals surface area (Å²) in [6.07, 6.45) is 6.74. The number of aromatic nitrogens is 4. The molecule has 3 fully saturated rings. The Hall–Kier alpha value is -3.58. The number of ether oxygens (including phenoxy) is 2. The summed E-state index contributed by atoms with van der Waals surface area (Å²) in [5.41, 5.74) is 1.66. The molecular weight excluding hydrogens is 546 g/mol. The van der Waals surface area contributed by atoms with Crippen molar-refractivity contribution in [3.8, 4) is 11.6 Å². The van der Waals surface area contributed by atoms with Crippen molar-refractivity contribution in [2.75, 3.05) is 80.8 Å². The lowest BCUT2D eigenvalue weighted by Gasteiger charge is -2.35. The molecule has 6 rings (SSSR count). The third-order valence-corrected chi connectivity index (χ3v) is 8.36. The van der Waals surface area contributed by atoms with E-state index in [2.05, 4.69) is 30.1 Å². The third kappa shape index (κ3) is 7.06. The number of rotatable bonds is 9. The molecule has 0 atom stereocenters. The van der Waals surface area contributed by atoms with Crippen molar-refractivity contribution in [1.82, 2.24) is 24.8 Å². The Kier molecular flexibility index (Phi) is 8.94. The van der Waals surface area contributed by atoms with E-state index in [0.29, 0.717) is 69.1 Å². The number of anilines is 3. The lowest BCUT2D eigenvalue weighted by Crippen LogP contribution is -2.47. The summed E-state index contributed by atoms with van der Waals surface area (Å²) in [7, 11) is 0. The minimum absolute atomic E-state index is 0.0857. The standard InChI is InChI=1S/C29H38F2N8O3/c30-26(31)18-37-5-7-38(8-6-37)22-15-33-29(34-16-22)35-21-3-1-20(2-4-21)19-42-28-24-13-23(40)17-32-25(24)14-27(36-28)39-9-11-41-12-10-39/h13-17,20-21,26,40H,1-12,18-19H2,(H,33,34,35). The fraction of sp³-hybridized carbons (Fsp3) is 0.586. The molecule has 2 aliphatic heterocycles. The predicted molar refractivity (Wildman–Crippen MR) is 156 cm³/mol. The predicted octanol–water partition coefficient (Wildman–Crippen LogP) is 3.40. The van der Waals surface area contributed by atoms with Gasteiger partial charge in [0.15, 0.2) is 0 Å². The molecule has 3 aromatic heterocycles. The van der Waals surface area contributed by atoms with Crippen LogP contribution in [-0.4, -0.2) is 108 Å². The summed E-state index contributed by atoms with van der Waals surface area (Å²) in [6.45, 7) is 5.84. The minimum atomic E-state index is -2.30. The van der Waals surface area contributed by atoms with Crippen molar-refractivity contribution >= 4 is 28.4 Å². The highest BCUT2D eigenvalue weighted by molar-refractivity contribution is 5.86. The zero-order valence-corrected chi connectivity index (χ0v) is 23.7. The topological polar surface area (TPSA) is 112 Å². The van der Waals surface area contributed by atoms with Crippen molar-refractivity contribution in [1.29, 1.82) is 0 Å². The highest BCUT2D eigenvalue weighted by Gasteiger charge is 2.24. The first kappa shape index (κ1) is 28.5. The van der Waals surface area contributed by atoms with Crippen LogP contribution in [0.25, 0.3) is 10.9 Å². The third-order valence-electron chi connectivity index (χ3n) is 8.36. The molecule has 0 unspecified atom stereocenters. The van der Waals surface area contributed by atoms with E-state index in [1.54, 1.807) is 11.0 Å². The summed E-state index contributed by atoms with van der Waals surface area (Å²) in [4.78, 5) is 24.4. The van der Waals surface area contributed by atoms with Gasteiger partial charge in [0.05, 0.1) is 61.5 Å². The van der Waals surface area contributed by atoms with Crippen LogP contribution >= 0.6 is 0 Å². The molecule has 0 bridgehead atoms. The van der Waals surface area contributed by atoms with Gasteiger partial charge in [-0.25, -0.2) is 18.7 Å². The Morgan fingerprint density at radius 2 is 1.67 bits per heavy atom. The number of nitrogens with zero attached hydrogens (tertiary/aromatic N) is 7. The molecule has 0 aromatic carbocycles. The largest absolute Gasteiger partial charge is 0.506 e. The second-order valence-electron chi connectivity index (χ2n) is 11.3. The Morgan fingerprint density at radius 3 is 2.38 bits per heavy atom. The highest BCUT2D eigenvalue weighted by atomic mass is 19.3. The van der Waals surface area contributed by atoms with Crippen LogP contribution in [0.15, 0.2) is 30.7 Å². The number of morpholine rings is 1. The van der Waals surface area contributed by atoms with E-state index >= 15 is 0 Å². The molecule has 2 saturated heterocycles. The zero-order chi connectivity index (χ0) is 28.9. The van der Waals surface area contributed by atoms with E-state index in [1.807, 2.05) is 18.5 Å². The molecule has 1 aliphatic carbocycles. The average Bonchev–Trinajstić information content (AvgIpc) is 3.01. The maximum absolute atomic E-state index is 12.6. The van der Waals surface area contributed by atoms with Gasteiger partial charge in [0, 0.05) is 51.4 Å². The number of pyridine rings is 2. The van der Waals surface area contributed by atoms with Crippen LogP contribution in [0.2, 0.25) is 0 Å². The molecule has 11 nitrogen and oxygen atoms in total. The van der Waals surface area contributed by atoms with Crippen LogP contribution in [0.5, 0.6) is 11.6 Å². The van der Waals surface area contributed by atoms with Gasteiger partial charge < -0.3 is 29.7 Å². The molecule has 3 aliphatic rings. The van der Waals surface area contributed by atoms with E-state index in [4.69, 9.17) is 14.5 Å². The summed E-state index contributed by atoms with van der Waals surface area (Å²) >= 11 is 0. The van der Waals surface area contributed by atoms with E-state index in [0.717, 1.165) is 55.8 Å². The van der Waals surface area contributed by atoms with Gasteiger partial charge in [0.2, 0.25) is 11.8 Å². The molecule has 0 spiro atoms. The number of hydrogen-bond acceptors (Lipinski definition) is 11.